The van der Waals surface area contributed by atoms with Crippen LogP contribution in [-0.4, -0.2) is 17.3 Å². The highest BCUT2D eigenvalue weighted by atomic mass is 16.5. The first-order chi connectivity index (χ1) is 6.81. The molecular weight excluding hydrogens is 176 g/mol. The summed E-state index contributed by atoms with van der Waals surface area (Å²) in [5.41, 5.74) is 3.33. The fourth-order valence-electron chi connectivity index (χ4n) is 1.45. The molecule has 2 rings (SSSR count). The van der Waals surface area contributed by atoms with Crippen LogP contribution in [-0.2, 0) is 0 Å². The Morgan fingerprint density at radius 3 is 2.86 bits per heavy atom. The van der Waals surface area contributed by atoms with Crippen molar-refractivity contribution in [3.8, 4) is 16.9 Å². The van der Waals surface area contributed by atoms with E-state index in [1.165, 1.54) is 5.56 Å². The minimum absolute atomic E-state index is 0.872. The van der Waals surface area contributed by atoms with Crippen molar-refractivity contribution in [3.63, 3.8) is 0 Å². The summed E-state index contributed by atoms with van der Waals surface area (Å²) in [7, 11) is 1.67. The molecule has 0 saturated carbocycles. The highest BCUT2D eigenvalue weighted by molar-refractivity contribution is 5.69. The molecule has 0 radical (unpaired) electrons. The Kier molecular flexibility index (Phi) is 2.23. The van der Waals surface area contributed by atoms with Gasteiger partial charge in [-0.15, -0.1) is 0 Å². The van der Waals surface area contributed by atoms with Crippen molar-refractivity contribution < 1.29 is 4.74 Å². The Labute approximate surface area is 82.7 Å². The molecule has 1 aromatic carbocycles. The molecule has 3 heteroatoms. The first-order valence-electron chi connectivity index (χ1n) is 4.45. The Morgan fingerprint density at radius 1 is 1.36 bits per heavy atom. The number of rotatable bonds is 2. The molecule has 0 aliphatic carbocycles. The van der Waals surface area contributed by atoms with E-state index < -0.39 is 0 Å². The van der Waals surface area contributed by atoms with E-state index in [-0.39, 0.29) is 0 Å². The number of hydrogen-bond acceptors (Lipinski definition) is 2. The largest absolute Gasteiger partial charge is 0.496 e. The number of hydrogen-bond donors (Lipinski definition) is 1. The molecule has 2 aromatic rings. The van der Waals surface area contributed by atoms with Crippen molar-refractivity contribution in [1.82, 2.24) is 10.2 Å². The second-order valence-electron chi connectivity index (χ2n) is 3.19. The van der Waals surface area contributed by atoms with Gasteiger partial charge in [-0.3, -0.25) is 5.10 Å². The van der Waals surface area contributed by atoms with Crippen LogP contribution in [0.5, 0.6) is 5.75 Å². The molecule has 0 amide bonds. The van der Waals surface area contributed by atoms with Crippen LogP contribution in [0.1, 0.15) is 5.56 Å². The molecule has 1 aromatic heterocycles. The normalized spacial score (nSPS) is 10.1. The SMILES string of the molecule is COc1ccc(C)cc1-c1cn[nH]c1. The lowest BCUT2D eigenvalue weighted by Gasteiger charge is -2.07. The van der Waals surface area contributed by atoms with E-state index in [4.69, 9.17) is 4.74 Å². The number of nitrogens with one attached hydrogen (secondary N) is 1. The van der Waals surface area contributed by atoms with Gasteiger partial charge < -0.3 is 4.74 Å². The number of benzene rings is 1. The molecule has 0 fully saturated rings. The topological polar surface area (TPSA) is 37.9 Å². The molecule has 0 unspecified atom stereocenters. The van der Waals surface area contributed by atoms with E-state index in [9.17, 15) is 0 Å². The fraction of sp³-hybridized carbons (Fsp3) is 0.182. The minimum Gasteiger partial charge on any atom is -0.496 e. The number of H-pyrrole nitrogens is 1. The van der Waals surface area contributed by atoms with Gasteiger partial charge in [-0.05, 0) is 19.1 Å². The molecule has 72 valence electrons. The Hall–Kier alpha value is -1.77. The number of aromatic amines is 1. The van der Waals surface area contributed by atoms with E-state index in [1.807, 2.05) is 18.3 Å². The van der Waals surface area contributed by atoms with Crippen LogP contribution in [0.15, 0.2) is 30.6 Å². The first kappa shape index (κ1) is 8.81. The van der Waals surface area contributed by atoms with Crippen molar-refractivity contribution in [2.24, 2.45) is 0 Å². The van der Waals surface area contributed by atoms with Gasteiger partial charge in [-0.1, -0.05) is 11.6 Å². The van der Waals surface area contributed by atoms with E-state index in [1.54, 1.807) is 13.3 Å². The van der Waals surface area contributed by atoms with Gasteiger partial charge >= 0.3 is 0 Å². The van der Waals surface area contributed by atoms with Crippen LogP contribution in [0.25, 0.3) is 11.1 Å². The molecule has 0 atom stereocenters. The zero-order chi connectivity index (χ0) is 9.97. The highest BCUT2D eigenvalue weighted by Gasteiger charge is 2.06. The second-order valence-corrected chi connectivity index (χ2v) is 3.19. The maximum Gasteiger partial charge on any atom is 0.126 e. The van der Waals surface area contributed by atoms with Gasteiger partial charge in [0.2, 0.25) is 0 Å². The molecule has 1 N–H and O–H groups in total. The van der Waals surface area contributed by atoms with E-state index in [2.05, 4.69) is 23.2 Å². The van der Waals surface area contributed by atoms with Crippen molar-refractivity contribution >= 4 is 0 Å². The van der Waals surface area contributed by atoms with Crippen LogP contribution < -0.4 is 4.74 Å². The number of aryl methyl sites for hydroxylation is 1. The summed E-state index contributed by atoms with van der Waals surface area (Å²) in [6.45, 7) is 2.06. The number of nitrogens with zero attached hydrogens (tertiary/aromatic N) is 1. The zero-order valence-corrected chi connectivity index (χ0v) is 8.24. The summed E-state index contributed by atoms with van der Waals surface area (Å²) in [4.78, 5) is 0. The van der Waals surface area contributed by atoms with Crippen LogP contribution >= 0.6 is 0 Å². The maximum absolute atomic E-state index is 5.28. The van der Waals surface area contributed by atoms with E-state index in [0.717, 1.165) is 16.9 Å². The molecule has 0 saturated heterocycles. The highest BCUT2D eigenvalue weighted by Crippen LogP contribution is 2.29. The number of methoxy groups -OCH3 is 1. The smallest absolute Gasteiger partial charge is 0.126 e. The standard InChI is InChI=1S/C11H12N2O/c1-8-3-4-11(14-2)10(5-8)9-6-12-13-7-9/h3-7H,1-2H3,(H,12,13). The predicted octanol–water partition coefficient (Wildman–Crippen LogP) is 2.39. The molecule has 1 heterocycles. The first-order valence-corrected chi connectivity index (χ1v) is 4.45. The van der Waals surface area contributed by atoms with Gasteiger partial charge in [-0.25, -0.2) is 0 Å². The lowest BCUT2D eigenvalue weighted by molar-refractivity contribution is 0.416. The Bertz CT molecular complexity index is 421. The van der Waals surface area contributed by atoms with Gasteiger partial charge in [0.05, 0.1) is 13.3 Å². The monoisotopic (exact) mass is 188 g/mol. The van der Waals surface area contributed by atoms with Crippen molar-refractivity contribution in [2.45, 2.75) is 6.92 Å². The summed E-state index contributed by atoms with van der Waals surface area (Å²) in [5, 5.41) is 6.72. The van der Waals surface area contributed by atoms with Crippen LogP contribution in [0.2, 0.25) is 0 Å². The molecule has 14 heavy (non-hydrogen) atoms. The fourth-order valence-corrected chi connectivity index (χ4v) is 1.45. The molecule has 0 spiro atoms. The summed E-state index contributed by atoms with van der Waals surface area (Å²) >= 11 is 0. The summed E-state index contributed by atoms with van der Waals surface area (Å²) in [6.07, 6.45) is 3.65. The Morgan fingerprint density at radius 2 is 2.21 bits per heavy atom. The van der Waals surface area contributed by atoms with E-state index in [0.29, 0.717) is 0 Å². The van der Waals surface area contributed by atoms with Crippen molar-refractivity contribution in [2.75, 3.05) is 7.11 Å². The van der Waals surface area contributed by atoms with Gasteiger partial charge in [0.15, 0.2) is 0 Å². The summed E-state index contributed by atoms with van der Waals surface area (Å²) in [5.74, 6) is 0.872. The van der Waals surface area contributed by atoms with E-state index >= 15 is 0 Å². The average Bonchev–Trinajstić information content (AvgIpc) is 2.70. The third-order valence-electron chi connectivity index (χ3n) is 2.16. The lowest BCUT2D eigenvalue weighted by Crippen LogP contribution is -1.87. The second kappa shape index (κ2) is 3.54. The zero-order valence-electron chi connectivity index (χ0n) is 8.24. The molecule has 0 aliphatic rings. The third kappa shape index (κ3) is 1.48. The van der Waals surface area contributed by atoms with Crippen LogP contribution in [0.3, 0.4) is 0 Å². The van der Waals surface area contributed by atoms with Crippen molar-refractivity contribution in [1.29, 1.82) is 0 Å². The molecule has 0 bridgehead atoms. The van der Waals surface area contributed by atoms with Crippen LogP contribution in [0.4, 0.5) is 0 Å². The lowest BCUT2D eigenvalue weighted by atomic mass is 10.1. The van der Waals surface area contributed by atoms with Gasteiger partial charge in [0, 0.05) is 17.3 Å². The van der Waals surface area contributed by atoms with Gasteiger partial charge in [0.1, 0.15) is 5.75 Å². The number of aromatic nitrogens is 2. The summed E-state index contributed by atoms with van der Waals surface area (Å²) in [6, 6.07) is 6.09. The Balaban J connectivity index is 2.55. The molecule has 0 aliphatic heterocycles. The van der Waals surface area contributed by atoms with Crippen LogP contribution in [0, 0.1) is 6.92 Å². The van der Waals surface area contributed by atoms with Gasteiger partial charge in [-0.2, -0.15) is 5.10 Å². The predicted molar refractivity (Wildman–Crippen MR) is 55.3 cm³/mol. The van der Waals surface area contributed by atoms with Gasteiger partial charge in [0.25, 0.3) is 0 Å². The summed E-state index contributed by atoms with van der Waals surface area (Å²) < 4.78 is 5.28. The minimum atomic E-state index is 0.872. The number of ether oxygens (including phenoxy) is 1. The molecule has 3 nitrogen and oxygen atoms in total. The quantitative estimate of drug-likeness (QED) is 0.785. The maximum atomic E-state index is 5.28. The van der Waals surface area contributed by atoms with Crippen molar-refractivity contribution in [3.05, 3.63) is 36.2 Å². The molecular formula is C11H12N2O. The average molecular weight is 188 g/mol. The third-order valence-corrected chi connectivity index (χ3v) is 2.16.